The highest BCUT2D eigenvalue weighted by Gasteiger charge is 2.21. The summed E-state index contributed by atoms with van der Waals surface area (Å²) in [6.45, 7) is 8.91. The van der Waals surface area contributed by atoms with Crippen molar-refractivity contribution in [3.63, 3.8) is 0 Å². The van der Waals surface area contributed by atoms with E-state index in [4.69, 9.17) is 0 Å². The number of aryl methyl sites for hydroxylation is 1. The topological polar surface area (TPSA) is 46.9 Å². The lowest BCUT2D eigenvalue weighted by atomic mass is 9.96. The van der Waals surface area contributed by atoms with Crippen molar-refractivity contribution in [1.82, 2.24) is 14.9 Å². The SMILES string of the molecule is Cc1cn(Cc2ccccc2)c(CNC(=O)C(C)(C)C)n1. The van der Waals surface area contributed by atoms with Crippen molar-refractivity contribution in [3.05, 3.63) is 53.6 Å². The second-order valence-corrected chi connectivity index (χ2v) is 6.34. The van der Waals surface area contributed by atoms with E-state index in [0.717, 1.165) is 18.1 Å². The molecule has 0 aliphatic rings. The summed E-state index contributed by atoms with van der Waals surface area (Å²) in [5, 5.41) is 2.96. The van der Waals surface area contributed by atoms with E-state index in [1.807, 2.05) is 52.1 Å². The highest BCUT2D eigenvalue weighted by atomic mass is 16.2. The molecule has 0 atom stereocenters. The minimum Gasteiger partial charge on any atom is -0.348 e. The van der Waals surface area contributed by atoms with E-state index in [9.17, 15) is 4.79 Å². The summed E-state index contributed by atoms with van der Waals surface area (Å²) in [6.07, 6.45) is 2.02. The van der Waals surface area contributed by atoms with Gasteiger partial charge in [-0.1, -0.05) is 51.1 Å². The summed E-state index contributed by atoms with van der Waals surface area (Å²) in [5.74, 6) is 0.920. The molecule has 1 N–H and O–H groups in total. The van der Waals surface area contributed by atoms with Gasteiger partial charge in [-0.3, -0.25) is 4.79 Å². The quantitative estimate of drug-likeness (QED) is 0.939. The van der Waals surface area contributed by atoms with Crippen LogP contribution in [0.4, 0.5) is 0 Å². The smallest absolute Gasteiger partial charge is 0.225 e. The zero-order chi connectivity index (χ0) is 15.5. The van der Waals surface area contributed by atoms with Crippen molar-refractivity contribution in [2.75, 3.05) is 0 Å². The maximum Gasteiger partial charge on any atom is 0.225 e. The molecule has 21 heavy (non-hydrogen) atoms. The average Bonchev–Trinajstić information content (AvgIpc) is 2.76. The van der Waals surface area contributed by atoms with Gasteiger partial charge in [-0.2, -0.15) is 0 Å². The Morgan fingerprint density at radius 1 is 1.24 bits per heavy atom. The van der Waals surface area contributed by atoms with Crippen LogP contribution in [0.25, 0.3) is 0 Å². The van der Waals surface area contributed by atoms with E-state index in [1.54, 1.807) is 0 Å². The van der Waals surface area contributed by atoms with Gasteiger partial charge in [0.25, 0.3) is 0 Å². The summed E-state index contributed by atoms with van der Waals surface area (Å²) in [6, 6.07) is 10.2. The van der Waals surface area contributed by atoms with Crippen molar-refractivity contribution in [2.24, 2.45) is 5.41 Å². The molecule has 112 valence electrons. The molecule has 0 spiro atoms. The Labute approximate surface area is 126 Å². The monoisotopic (exact) mass is 285 g/mol. The van der Waals surface area contributed by atoms with Crippen molar-refractivity contribution >= 4 is 5.91 Å². The van der Waals surface area contributed by atoms with E-state index < -0.39 is 0 Å². The standard InChI is InChI=1S/C17H23N3O/c1-13-11-20(12-14-8-6-5-7-9-14)15(19-13)10-18-16(21)17(2,3)4/h5-9,11H,10,12H2,1-4H3,(H,18,21). The molecular formula is C17H23N3O. The molecule has 2 aromatic rings. The number of nitrogens with one attached hydrogen (secondary N) is 1. The third kappa shape index (κ3) is 4.18. The van der Waals surface area contributed by atoms with Gasteiger partial charge < -0.3 is 9.88 Å². The Bertz CT molecular complexity index is 609. The Hall–Kier alpha value is -2.10. The van der Waals surface area contributed by atoms with Crippen LogP contribution in [-0.2, 0) is 17.9 Å². The molecule has 0 unspecified atom stereocenters. The molecular weight excluding hydrogens is 262 g/mol. The second kappa shape index (κ2) is 6.12. The fourth-order valence-electron chi connectivity index (χ4n) is 2.08. The number of nitrogens with zero attached hydrogens (tertiary/aromatic N) is 2. The van der Waals surface area contributed by atoms with Gasteiger partial charge in [0.2, 0.25) is 5.91 Å². The molecule has 0 radical (unpaired) electrons. The molecule has 0 bridgehead atoms. The lowest BCUT2D eigenvalue weighted by molar-refractivity contribution is -0.128. The highest BCUT2D eigenvalue weighted by molar-refractivity contribution is 5.81. The van der Waals surface area contributed by atoms with Crippen LogP contribution in [0.15, 0.2) is 36.5 Å². The molecule has 4 nitrogen and oxygen atoms in total. The summed E-state index contributed by atoms with van der Waals surface area (Å²) >= 11 is 0. The van der Waals surface area contributed by atoms with Gasteiger partial charge >= 0.3 is 0 Å². The first-order valence-electron chi connectivity index (χ1n) is 7.21. The lowest BCUT2D eigenvalue weighted by Crippen LogP contribution is -2.35. The molecule has 0 fully saturated rings. The number of benzene rings is 1. The molecule has 0 aliphatic heterocycles. The van der Waals surface area contributed by atoms with Crippen LogP contribution in [0.2, 0.25) is 0 Å². The number of hydrogen-bond donors (Lipinski definition) is 1. The minimum absolute atomic E-state index is 0.0365. The van der Waals surface area contributed by atoms with E-state index in [1.165, 1.54) is 5.56 Å². The zero-order valence-corrected chi connectivity index (χ0v) is 13.2. The van der Waals surface area contributed by atoms with E-state index in [0.29, 0.717) is 6.54 Å². The van der Waals surface area contributed by atoms with Gasteiger partial charge in [0.05, 0.1) is 12.2 Å². The van der Waals surface area contributed by atoms with Crippen molar-refractivity contribution < 1.29 is 4.79 Å². The van der Waals surface area contributed by atoms with Crippen molar-refractivity contribution in [1.29, 1.82) is 0 Å². The zero-order valence-electron chi connectivity index (χ0n) is 13.2. The lowest BCUT2D eigenvalue weighted by Gasteiger charge is -2.17. The van der Waals surface area contributed by atoms with Crippen LogP contribution < -0.4 is 5.32 Å². The van der Waals surface area contributed by atoms with E-state index in [-0.39, 0.29) is 11.3 Å². The number of carbonyl (C=O) groups is 1. The second-order valence-electron chi connectivity index (χ2n) is 6.34. The summed E-state index contributed by atoms with van der Waals surface area (Å²) in [7, 11) is 0. The van der Waals surface area contributed by atoms with Gasteiger partial charge in [-0.25, -0.2) is 4.98 Å². The van der Waals surface area contributed by atoms with Gasteiger partial charge in [0.1, 0.15) is 5.82 Å². The van der Waals surface area contributed by atoms with Crippen molar-refractivity contribution in [2.45, 2.75) is 40.8 Å². The molecule has 2 rings (SSSR count). The molecule has 1 amide bonds. The number of aromatic nitrogens is 2. The Kier molecular flexibility index (Phi) is 4.46. The highest BCUT2D eigenvalue weighted by Crippen LogP contribution is 2.13. The summed E-state index contributed by atoms with van der Waals surface area (Å²) in [4.78, 5) is 16.5. The number of amides is 1. The molecule has 1 heterocycles. The normalized spacial score (nSPS) is 11.4. The molecule has 1 aromatic heterocycles. The number of imidazole rings is 1. The molecule has 1 aromatic carbocycles. The van der Waals surface area contributed by atoms with Crippen LogP contribution >= 0.6 is 0 Å². The Morgan fingerprint density at radius 2 is 1.90 bits per heavy atom. The Morgan fingerprint density at radius 3 is 2.52 bits per heavy atom. The largest absolute Gasteiger partial charge is 0.348 e. The van der Waals surface area contributed by atoms with Gasteiger partial charge in [-0.15, -0.1) is 0 Å². The Balaban J connectivity index is 2.09. The first-order valence-corrected chi connectivity index (χ1v) is 7.21. The maximum absolute atomic E-state index is 12.0. The maximum atomic E-state index is 12.0. The van der Waals surface area contributed by atoms with Crippen LogP contribution in [0.1, 0.15) is 37.9 Å². The summed E-state index contributed by atoms with van der Waals surface area (Å²) in [5.41, 5.74) is 1.80. The van der Waals surface area contributed by atoms with E-state index in [2.05, 4.69) is 27.0 Å². The van der Waals surface area contributed by atoms with Crippen LogP contribution in [0, 0.1) is 12.3 Å². The first kappa shape index (κ1) is 15.3. The predicted molar refractivity (Wildman–Crippen MR) is 83.8 cm³/mol. The van der Waals surface area contributed by atoms with E-state index >= 15 is 0 Å². The molecule has 4 heteroatoms. The third-order valence-corrected chi connectivity index (χ3v) is 3.26. The van der Waals surface area contributed by atoms with Crippen LogP contribution in [0.5, 0.6) is 0 Å². The van der Waals surface area contributed by atoms with Crippen molar-refractivity contribution in [3.8, 4) is 0 Å². The number of carbonyl (C=O) groups excluding carboxylic acids is 1. The third-order valence-electron chi connectivity index (χ3n) is 3.26. The van der Waals surface area contributed by atoms with Gasteiger partial charge in [-0.05, 0) is 12.5 Å². The number of rotatable bonds is 4. The summed E-state index contributed by atoms with van der Waals surface area (Å²) < 4.78 is 2.09. The average molecular weight is 285 g/mol. The predicted octanol–water partition coefficient (Wildman–Crippen LogP) is 2.90. The minimum atomic E-state index is -0.383. The number of hydrogen-bond acceptors (Lipinski definition) is 2. The fourth-order valence-corrected chi connectivity index (χ4v) is 2.08. The van der Waals surface area contributed by atoms with Crippen LogP contribution in [-0.4, -0.2) is 15.5 Å². The molecule has 0 saturated carbocycles. The molecule has 0 saturated heterocycles. The first-order chi connectivity index (χ1) is 9.86. The van der Waals surface area contributed by atoms with Gasteiger partial charge in [0.15, 0.2) is 0 Å². The fraction of sp³-hybridized carbons (Fsp3) is 0.412. The van der Waals surface area contributed by atoms with Gasteiger partial charge in [0, 0.05) is 18.2 Å². The van der Waals surface area contributed by atoms with Crippen LogP contribution in [0.3, 0.4) is 0 Å². The molecule has 0 aliphatic carbocycles.